The Morgan fingerprint density at radius 3 is 2.93 bits per heavy atom. The predicted molar refractivity (Wildman–Crippen MR) is 57.0 cm³/mol. The third-order valence-corrected chi connectivity index (χ3v) is 1.93. The molecule has 0 radical (unpaired) electrons. The van der Waals surface area contributed by atoms with Crippen LogP contribution in [-0.4, -0.2) is 25.9 Å². The van der Waals surface area contributed by atoms with Crippen molar-refractivity contribution in [2.75, 3.05) is 13.7 Å². The van der Waals surface area contributed by atoms with E-state index in [0.717, 1.165) is 5.56 Å². The van der Waals surface area contributed by atoms with Crippen LogP contribution in [0.15, 0.2) is 29.4 Å². The molecule has 0 aliphatic heterocycles. The molecular formula is C10H10ClNO3. The number of carbonyl (C=O) groups excluding carboxylic acids is 1. The number of hydrogen-bond donors (Lipinski definition) is 0. The molecule has 1 aromatic carbocycles. The van der Waals surface area contributed by atoms with Crippen molar-refractivity contribution in [1.82, 2.24) is 0 Å². The van der Waals surface area contributed by atoms with Gasteiger partial charge in [0.15, 0.2) is 0 Å². The van der Waals surface area contributed by atoms with Crippen molar-refractivity contribution in [3.05, 3.63) is 34.9 Å². The van der Waals surface area contributed by atoms with Gasteiger partial charge in [0.1, 0.15) is 0 Å². The summed E-state index contributed by atoms with van der Waals surface area (Å²) in [5.74, 6) is -0.480. The van der Waals surface area contributed by atoms with Gasteiger partial charge in [0.2, 0.25) is 6.61 Å². The standard InChI is InChI=1S/C10H10ClNO3/c1-14-10(13)7-15-12-6-8-4-2-3-5-9(8)11/h2-6H,7H2,1H3/b12-6+. The highest BCUT2D eigenvalue weighted by Gasteiger charge is 1.98. The minimum absolute atomic E-state index is 0.211. The second kappa shape index (κ2) is 6.03. The molecule has 0 bridgehead atoms. The van der Waals surface area contributed by atoms with Crippen molar-refractivity contribution in [2.45, 2.75) is 0 Å². The van der Waals surface area contributed by atoms with Crippen molar-refractivity contribution in [2.24, 2.45) is 5.16 Å². The third kappa shape index (κ3) is 3.99. The molecule has 0 N–H and O–H groups in total. The minimum Gasteiger partial charge on any atom is -0.466 e. The van der Waals surface area contributed by atoms with E-state index in [1.54, 1.807) is 12.1 Å². The number of halogens is 1. The minimum atomic E-state index is -0.480. The van der Waals surface area contributed by atoms with E-state index in [1.165, 1.54) is 13.3 Å². The number of carbonyl (C=O) groups is 1. The molecule has 1 aromatic rings. The monoisotopic (exact) mass is 227 g/mol. The maximum absolute atomic E-state index is 10.6. The smallest absolute Gasteiger partial charge is 0.346 e. The first-order valence-corrected chi connectivity index (χ1v) is 4.58. The van der Waals surface area contributed by atoms with Crippen LogP contribution in [0.2, 0.25) is 5.02 Å². The lowest BCUT2D eigenvalue weighted by molar-refractivity contribution is -0.145. The number of oxime groups is 1. The first kappa shape index (κ1) is 11.5. The van der Waals surface area contributed by atoms with Crippen LogP contribution in [0.25, 0.3) is 0 Å². The Balaban J connectivity index is 2.45. The zero-order valence-electron chi connectivity index (χ0n) is 8.14. The molecule has 0 fully saturated rings. The fourth-order valence-corrected chi connectivity index (χ4v) is 1.01. The highest BCUT2D eigenvalue weighted by molar-refractivity contribution is 6.33. The first-order valence-electron chi connectivity index (χ1n) is 4.20. The SMILES string of the molecule is COC(=O)CO/N=C/c1ccccc1Cl. The van der Waals surface area contributed by atoms with Crippen LogP contribution < -0.4 is 0 Å². The van der Waals surface area contributed by atoms with E-state index < -0.39 is 5.97 Å². The Morgan fingerprint density at radius 1 is 1.53 bits per heavy atom. The molecule has 0 spiro atoms. The van der Waals surface area contributed by atoms with E-state index in [1.807, 2.05) is 12.1 Å². The van der Waals surface area contributed by atoms with Gasteiger partial charge in [-0.15, -0.1) is 0 Å². The highest BCUT2D eigenvalue weighted by atomic mass is 35.5. The fraction of sp³-hybridized carbons (Fsp3) is 0.200. The van der Waals surface area contributed by atoms with E-state index >= 15 is 0 Å². The molecule has 5 heteroatoms. The van der Waals surface area contributed by atoms with E-state index in [9.17, 15) is 4.79 Å². The van der Waals surface area contributed by atoms with Gasteiger partial charge in [0, 0.05) is 10.6 Å². The number of benzene rings is 1. The van der Waals surface area contributed by atoms with Crippen LogP contribution >= 0.6 is 11.6 Å². The summed E-state index contributed by atoms with van der Waals surface area (Å²) >= 11 is 5.85. The zero-order chi connectivity index (χ0) is 11.1. The zero-order valence-corrected chi connectivity index (χ0v) is 8.90. The summed E-state index contributed by atoms with van der Waals surface area (Å²) in [6, 6.07) is 7.17. The van der Waals surface area contributed by atoms with Crippen LogP contribution in [0.3, 0.4) is 0 Å². The topological polar surface area (TPSA) is 47.9 Å². The quantitative estimate of drug-likeness (QED) is 0.448. The Labute approximate surface area is 92.4 Å². The van der Waals surface area contributed by atoms with Gasteiger partial charge in [-0.05, 0) is 6.07 Å². The van der Waals surface area contributed by atoms with E-state index in [0.29, 0.717) is 5.02 Å². The summed E-state index contributed by atoms with van der Waals surface area (Å²) in [4.78, 5) is 15.3. The van der Waals surface area contributed by atoms with Crippen LogP contribution in [0.1, 0.15) is 5.56 Å². The molecule has 0 amide bonds. The summed E-state index contributed by atoms with van der Waals surface area (Å²) in [5.41, 5.74) is 0.726. The van der Waals surface area contributed by atoms with Gasteiger partial charge < -0.3 is 9.57 Å². The Bertz CT molecular complexity index is 365. The molecule has 4 nitrogen and oxygen atoms in total. The van der Waals surface area contributed by atoms with Gasteiger partial charge in [-0.3, -0.25) is 0 Å². The van der Waals surface area contributed by atoms with Crippen LogP contribution in [-0.2, 0) is 14.4 Å². The third-order valence-electron chi connectivity index (χ3n) is 1.58. The van der Waals surface area contributed by atoms with Gasteiger partial charge in [-0.25, -0.2) is 4.79 Å². The molecule has 0 saturated heterocycles. The lowest BCUT2D eigenvalue weighted by Crippen LogP contribution is -2.07. The predicted octanol–water partition coefficient (Wildman–Crippen LogP) is 1.86. The first-order chi connectivity index (χ1) is 7.24. The van der Waals surface area contributed by atoms with E-state index in [-0.39, 0.29) is 6.61 Å². The molecule has 0 aliphatic carbocycles. The lowest BCUT2D eigenvalue weighted by Gasteiger charge is -1.97. The maximum atomic E-state index is 10.6. The van der Waals surface area contributed by atoms with Crippen molar-refractivity contribution >= 4 is 23.8 Å². The van der Waals surface area contributed by atoms with E-state index in [2.05, 4.69) is 14.7 Å². The average Bonchev–Trinajstić information content (AvgIpc) is 2.26. The van der Waals surface area contributed by atoms with Gasteiger partial charge in [-0.2, -0.15) is 0 Å². The number of methoxy groups -OCH3 is 1. The summed E-state index contributed by atoms with van der Waals surface area (Å²) in [7, 11) is 1.28. The van der Waals surface area contributed by atoms with Crippen molar-refractivity contribution in [3.8, 4) is 0 Å². The molecule has 0 heterocycles. The lowest BCUT2D eigenvalue weighted by atomic mass is 10.2. The number of hydrogen-bond acceptors (Lipinski definition) is 4. The summed E-state index contributed by atoms with van der Waals surface area (Å²) in [6.07, 6.45) is 1.44. The fourth-order valence-electron chi connectivity index (χ4n) is 0.823. The van der Waals surface area contributed by atoms with Gasteiger partial charge in [0.25, 0.3) is 0 Å². The van der Waals surface area contributed by atoms with Crippen molar-refractivity contribution in [1.29, 1.82) is 0 Å². The summed E-state index contributed by atoms with van der Waals surface area (Å²) < 4.78 is 4.36. The van der Waals surface area contributed by atoms with E-state index in [4.69, 9.17) is 11.6 Å². The molecule has 0 aliphatic rings. The molecule has 1 rings (SSSR count). The summed E-state index contributed by atoms with van der Waals surface area (Å²) in [5, 5.41) is 4.15. The molecule has 0 atom stereocenters. The van der Waals surface area contributed by atoms with Crippen LogP contribution in [0.4, 0.5) is 0 Å². The van der Waals surface area contributed by atoms with Gasteiger partial charge >= 0.3 is 5.97 Å². The van der Waals surface area contributed by atoms with Crippen LogP contribution in [0.5, 0.6) is 0 Å². The van der Waals surface area contributed by atoms with Gasteiger partial charge in [-0.1, -0.05) is 35.0 Å². The second-order valence-electron chi connectivity index (χ2n) is 2.61. The Hall–Kier alpha value is -1.55. The Kier molecular flexibility index (Phi) is 4.63. The highest BCUT2D eigenvalue weighted by Crippen LogP contribution is 2.12. The number of esters is 1. The van der Waals surface area contributed by atoms with Crippen molar-refractivity contribution < 1.29 is 14.4 Å². The number of ether oxygens (including phenoxy) is 1. The molecule has 0 saturated carbocycles. The largest absolute Gasteiger partial charge is 0.466 e. The van der Waals surface area contributed by atoms with Gasteiger partial charge in [0.05, 0.1) is 13.3 Å². The number of nitrogens with zero attached hydrogens (tertiary/aromatic N) is 1. The molecular weight excluding hydrogens is 218 g/mol. The maximum Gasteiger partial charge on any atom is 0.346 e. The van der Waals surface area contributed by atoms with Crippen LogP contribution in [0, 0.1) is 0 Å². The average molecular weight is 228 g/mol. The molecule has 80 valence electrons. The Morgan fingerprint density at radius 2 is 2.27 bits per heavy atom. The van der Waals surface area contributed by atoms with Crippen molar-refractivity contribution in [3.63, 3.8) is 0 Å². The normalized spacial score (nSPS) is 10.3. The second-order valence-corrected chi connectivity index (χ2v) is 3.01. The molecule has 0 aromatic heterocycles. The molecule has 0 unspecified atom stereocenters. The summed E-state index contributed by atoms with van der Waals surface area (Å²) in [6.45, 7) is -0.211. The number of rotatable bonds is 4. The molecule has 15 heavy (non-hydrogen) atoms.